The van der Waals surface area contributed by atoms with E-state index in [-0.39, 0.29) is 28.1 Å². The molecule has 0 amide bonds. The summed E-state index contributed by atoms with van der Waals surface area (Å²) in [6, 6.07) is 2.84. The van der Waals surface area contributed by atoms with Crippen molar-refractivity contribution in [3.63, 3.8) is 0 Å². The van der Waals surface area contributed by atoms with Gasteiger partial charge in [0.15, 0.2) is 11.3 Å². The molecule has 3 heterocycles. The van der Waals surface area contributed by atoms with Crippen molar-refractivity contribution in [2.24, 2.45) is 7.05 Å². The number of nitrogens with one attached hydrogen (secondary N) is 1. The molecule has 0 bridgehead atoms. The van der Waals surface area contributed by atoms with Gasteiger partial charge in [0.05, 0.1) is 23.3 Å². The van der Waals surface area contributed by atoms with E-state index in [1.165, 1.54) is 43.8 Å². The molecule has 0 aliphatic rings. The molecule has 11 heteroatoms. The molecule has 0 aromatic carbocycles. The van der Waals surface area contributed by atoms with Gasteiger partial charge in [0.25, 0.3) is 5.56 Å². The number of aryl methyl sites for hydroxylation is 1. The predicted octanol–water partition coefficient (Wildman–Crippen LogP) is 2.92. The number of pyridine rings is 2. The molecule has 3 aromatic heterocycles. The van der Waals surface area contributed by atoms with Crippen LogP contribution in [0.25, 0.3) is 11.0 Å². The van der Waals surface area contributed by atoms with Crippen LogP contribution in [0.1, 0.15) is 40.5 Å². The predicted molar refractivity (Wildman–Crippen MR) is 97.8 cm³/mol. The van der Waals surface area contributed by atoms with Crippen molar-refractivity contribution < 1.29 is 23.1 Å². The van der Waals surface area contributed by atoms with Gasteiger partial charge in [-0.15, -0.1) is 0 Å². The van der Waals surface area contributed by atoms with Gasteiger partial charge in [-0.25, -0.2) is 19.7 Å². The van der Waals surface area contributed by atoms with Gasteiger partial charge in [0, 0.05) is 12.6 Å². The summed E-state index contributed by atoms with van der Waals surface area (Å²) in [5, 5.41) is 11.7. The summed E-state index contributed by atoms with van der Waals surface area (Å²) >= 11 is 0. The molecule has 29 heavy (non-hydrogen) atoms. The van der Waals surface area contributed by atoms with Crippen molar-refractivity contribution in [1.82, 2.24) is 19.5 Å². The molecule has 0 saturated carbocycles. The third-order valence-electron chi connectivity index (χ3n) is 4.42. The second-order valence-electron chi connectivity index (χ2n) is 6.42. The number of carboxylic acid groups (broad SMARTS) is 1. The Balaban J connectivity index is 2.10. The maximum atomic E-state index is 13.6. The first-order valence-electron chi connectivity index (χ1n) is 8.40. The number of fused-ring (bicyclic) bond motifs is 1. The Hall–Kier alpha value is -3.50. The minimum atomic E-state index is -4.76. The molecule has 0 saturated heterocycles. The van der Waals surface area contributed by atoms with E-state index in [1.54, 1.807) is 0 Å². The SMILES string of the molecule is Cc1nc2nc(C(F)(F)F)c(C(C)Nc3ccc(C(=O)O)nc3)cc2c(=O)n1C. The van der Waals surface area contributed by atoms with E-state index >= 15 is 0 Å². The van der Waals surface area contributed by atoms with Crippen molar-refractivity contribution in [2.75, 3.05) is 5.32 Å². The van der Waals surface area contributed by atoms with Crippen molar-refractivity contribution >= 4 is 22.7 Å². The Morgan fingerprint density at radius 2 is 1.97 bits per heavy atom. The highest BCUT2D eigenvalue weighted by Gasteiger charge is 2.37. The first-order chi connectivity index (χ1) is 13.5. The Bertz CT molecular complexity index is 1160. The van der Waals surface area contributed by atoms with Gasteiger partial charge in [-0.2, -0.15) is 13.2 Å². The third kappa shape index (κ3) is 3.89. The minimum Gasteiger partial charge on any atom is -0.477 e. The van der Waals surface area contributed by atoms with Crippen molar-refractivity contribution in [1.29, 1.82) is 0 Å². The number of halogens is 3. The van der Waals surface area contributed by atoms with E-state index in [0.29, 0.717) is 5.69 Å². The number of hydrogen-bond donors (Lipinski definition) is 2. The van der Waals surface area contributed by atoms with Gasteiger partial charge >= 0.3 is 12.1 Å². The highest BCUT2D eigenvalue weighted by atomic mass is 19.4. The van der Waals surface area contributed by atoms with E-state index in [2.05, 4.69) is 20.3 Å². The fraction of sp³-hybridized carbons (Fsp3) is 0.278. The molecule has 3 rings (SSSR count). The lowest BCUT2D eigenvalue weighted by Gasteiger charge is -2.20. The molecule has 0 radical (unpaired) electrons. The molecular formula is C18H16F3N5O3. The summed E-state index contributed by atoms with van der Waals surface area (Å²) in [7, 11) is 1.47. The molecule has 0 aliphatic carbocycles. The van der Waals surface area contributed by atoms with E-state index in [1.807, 2.05) is 0 Å². The molecule has 0 fully saturated rings. The van der Waals surface area contributed by atoms with Gasteiger partial charge in [0.2, 0.25) is 0 Å². The maximum absolute atomic E-state index is 13.6. The van der Waals surface area contributed by atoms with Crippen LogP contribution in [0.15, 0.2) is 29.2 Å². The van der Waals surface area contributed by atoms with Gasteiger partial charge in [-0.1, -0.05) is 0 Å². The normalized spacial score (nSPS) is 12.8. The lowest BCUT2D eigenvalue weighted by molar-refractivity contribution is -0.141. The molecule has 2 N–H and O–H groups in total. The first-order valence-corrected chi connectivity index (χ1v) is 8.40. The number of aromatic carboxylic acids is 1. The van der Waals surface area contributed by atoms with Gasteiger partial charge in [-0.05, 0) is 32.0 Å². The number of alkyl halides is 3. The molecule has 3 aromatic rings. The largest absolute Gasteiger partial charge is 0.477 e. The number of aromatic nitrogens is 4. The lowest BCUT2D eigenvalue weighted by atomic mass is 10.0. The standard InChI is InChI=1S/C18H16F3N5O3/c1-8(23-10-4-5-13(17(28)29)22-7-10)11-6-12-15(25-14(11)18(19,20)21)24-9(2)26(3)16(12)27/h4-8,23H,1-3H3,(H,28,29). The lowest BCUT2D eigenvalue weighted by Crippen LogP contribution is -2.24. The molecule has 0 aliphatic heterocycles. The smallest absolute Gasteiger partial charge is 0.433 e. The van der Waals surface area contributed by atoms with Crippen LogP contribution < -0.4 is 10.9 Å². The number of carbonyl (C=O) groups is 1. The highest BCUT2D eigenvalue weighted by molar-refractivity contribution is 5.85. The number of anilines is 1. The first kappa shape index (κ1) is 20.2. The van der Waals surface area contributed by atoms with Crippen LogP contribution >= 0.6 is 0 Å². The zero-order valence-corrected chi connectivity index (χ0v) is 15.6. The molecule has 0 spiro atoms. The number of nitrogens with zero attached hydrogens (tertiary/aromatic N) is 4. The molecule has 8 nitrogen and oxygen atoms in total. The van der Waals surface area contributed by atoms with E-state index in [0.717, 1.165) is 6.07 Å². The Morgan fingerprint density at radius 3 is 2.52 bits per heavy atom. The molecule has 1 atom stereocenters. The van der Waals surface area contributed by atoms with Crippen LogP contribution in [0.4, 0.5) is 18.9 Å². The van der Waals surface area contributed by atoms with Crippen LogP contribution in [0, 0.1) is 6.92 Å². The zero-order chi connectivity index (χ0) is 21.5. The topological polar surface area (TPSA) is 110 Å². The summed E-state index contributed by atoms with van der Waals surface area (Å²) < 4.78 is 42.1. The third-order valence-corrected chi connectivity index (χ3v) is 4.42. The average Bonchev–Trinajstić information content (AvgIpc) is 2.65. The zero-order valence-electron chi connectivity index (χ0n) is 15.6. The van der Waals surface area contributed by atoms with Crippen LogP contribution in [0.5, 0.6) is 0 Å². The van der Waals surface area contributed by atoms with Gasteiger partial charge < -0.3 is 10.4 Å². The maximum Gasteiger partial charge on any atom is 0.433 e. The van der Waals surface area contributed by atoms with Crippen LogP contribution in [0.2, 0.25) is 0 Å². The summed E-state index contributed by atoms with van der Waals surface area (Å²) in [4.78, 5) is 34.7. The van der Waals surface area contributed by atoms with Crippen molar-refractivity contribution in [3.8, 4) is 0 Å². The molecular weight excluding hydrogens is 391 g/mol. The second kappa shape index (κ2) is 7.15. The highest BCUT2D eigenvalue weighted by Crippen LogP contribution is 2.35. The van der Waals surface area contributed by atoms with Gasteiger partial charge in [-0.3, -0.25) is 9.36 Å². The molecule has 152 valence electrons. The fourth-order valence-corrected chi connectivity index (χ4v) is 2.81. The average molecular weight is 407 g/mol. The van der Waals surface area contributed by atoms with Crippen LogP contribution in [-0.4, -0.2) is 30.6 Å². The van der Waals surface area contributed by atoms with Gasteiger partial charge in [0.1, 0.15) is 11.5 Å². The summed E-state index contributed by atoms with van der Waals surface area (Å²) in [5.41, 5.74) is -2.06. The second-order valence-corrected chi connectivity index (χ2v) is 6.42. The summed E-state index contributed by atoms with van der Waals surface area (Å²) in [6.07, 6.45) is -3.56. The minimum absolute atomic E-state index is 0.0332. The van der Waals surface area contributed by atoms with E-state index in [9.17, 15) is 22.8 Å². The number of carboxylic acids is 1. The van der Waals surface area contributed by atoms with Crippen LogP contribution in [0.3, 0.4) is 0 Å². The molecule has 1 unspecified atom stereocenters. The van der Waals surface area contributed by atoms with Crippen molar-refractivity contribution in [3.05, 3.63) is 57.5 Å². The summed E-state index contributed by atoms with van der Waals surface area (Å²) in [6.45, 7) is 2.97. The number of rotatable bonds is 4. The van der Waals surface area contributed by atoms with E-state index < -0.39 is 29.4 Å². The quantitative estimate of drug-likeness (QED) is 0.684. The summed E-state index contributed by atoms with van der Waals surface area (Å²) in [5.74, 6) is -0.979. The monoisotopic (exact) mass is 407 g/mol. The Morgan fingerprint density at radius 1 is 1.28 bits per heavy atom. The number of hydrogen-bond acceptors (Lipinski definition) is 6. The van der Waals surface area contributed by atoms with E-state index in [4.69, 9.17) is 5.11 Å². The Labute approximate surface area is 162 Å². The fourth-order valence-electron chi connectivity index (χ4n) is 2.81. The van der Waals surface area contributed by atoms with Crippen LogP contribution in [-0.2, 0) is 13.2 Å². The Kier molecular flexibility index (Phi) is 4.99. The van der Waals surface area contributed by atoms with Crippen molar-refractivity contribution in [2.45, 2.75) is 26.1 Å².